The van der Waals surface area contributed by atoms with E-state index in [1.54, 1.807) is 12.1 Å². The quantitative estimate of drug-likeness (QED) is 0.607. The number of phenols is 1. The number of aliphatic hydroxyl groups is 2. The van der Waals surface area contributed by atoms with Gasteiger partial charge in [0.15, 0.2) is 6.29 Å². The van der Waals surface area contributed by atoms with Crippen LogP contribution in [-0.2, 0) is 0 Å². The van der Waals surface area contributed by atoms with E-state index in [9.17, 15) is 5.11 Å². The molecule has 13 heavy (non-hydrogen) atoms. The second kappa shape index (κ2) is 3.77. The fourth-order valence-corrected chi connectivity index (χ4v) is 1.14. The Labute approximate surface area is 77.3 Å². The molecule has 3 nitrogen and oxygen atoms in total. The van der Waals surface area contributed by atoms with Crippen molar-refractivity contribution in [2.45, 2.75) is 26.1 Å². The van der Waals surface area contributed by atoms with Crippen LogP contribution in [0.3, 0.4) is 0 Å². The second-order valence-corrected chi connectivity index (χ2v) is 3.35. The van der Waals surface area contributed by atoms with Gasteiger partial charge in [0.1, 0.15) is 5.75 Å². The SMILES string of the molecule is CC(C)c1ccc(C(O)O)c(O)c1. The van der Waals surface area contributed by atoms with Crippen molar-refractivity contribution >= 4 is 0 Å². The molecule has 0 aromatic heterocycles. The van der Waals surface area contributed by atoms with Crippen LogP contribution in [0.4, 0.5) is 0 Å². The molecule has 0 saturated carbocycles. The summed E-state index contributed by atoms with van der Waals surface area (Å²) in [5.41, 5.74) is 1.12. The van der Waals surface area contributed by atoms with E-state index in [0.29, 0.717) is 5.92 Å². The van der Waals surface area contributed by atoms with Gasteiger partial charge in [-0.25, -0.2) is 0 Å². The van der Waals surface area contributed by atoms with E-state index in [4.69, 9.17) is 10.2 Å². The van der Waals surface area contributed by atoms with Crippen molar-refractivity contribution < 1.29 is 15.3 Å². The third kappa shape index (κ3) is 2.20. The highest BCUT2D eigenvalue weighted by Crippen LogP contribution is 2.26. The number of rotatable bonds is 2. The van der Waals surface area contributed by atoms with Gasteiger partial charge in [0.2, 0.25) is 0 Å². The van der Waals surface area contributed by atoms with E-state index >= 15 is 0 Å². The molecule has 3 heteroatoms. The molecule has 0 radical (unpaired) electrons. The minimum Gasteiger partial charge on any atom is -0.507 e. The zero-order valence-corrected chi connectivity index (χ0v) is 7.73. The largest absolute Gasteiger partial charge is 0.507 e. The molecule has 0 amide bonds. The molecule has 0 aliphatic heterocycles. The summed E-state index contributed by atoms with van der Waals surface area (Å²) in [7, 11) is 0. The number of phenolic OH excluding ortho intramolecular Hbond substituents is 1. The predicted molar refractivity (Wildman–Crippen MR) is 49.4 cm³/mol. The van der Waals surface area contributed by atoms with Crippen molar-refractivity contribution in [1.82, 2.24) is 0 Å². The zero-order chi connectivity index (χ0) is 10.0. The number of hydrogen-bond donors (Lipinski definition) is 3. The summed E-state index contributed by atoms with van der Waals surface area (Å²) in [6.45, 7) is 4.01. The van der Waals surface area contributed by atoms with Crippen molar-refractivity contribution in [1.29, 1.82) is 0 Å². The maximum atomic E-state index is 9.39. The van der Waals surface area contributed by atoms with Crippen molar-refractivity contribution in [3.05, 3.63) is 29.3 Å². The van der Waals surface area contributed by atoms with Crippen LogP contribution < -0.4 is 0 Å². The van der Waals surface area contributed by atoms with Gasteiger partial charge < -0.3 is 15.3 Å². The number of benzene rings is 1. The minimum absolute atomic E-state index is 0.0683. The van der Waals surface area contributed by atoms with E-state index < -0.39 is 6.29 Å². The van der Waals surface area contributed by atoms with Gasteiger partial charge in [-0.15, -0.1) is 0 Å². The fraction of sp³-hybridized carbons (Fsp3) is 0.400. The first-order valence-corrected chi connectivity index (χ1v) is 4.21. The molecule has 1 rings (SSSR count). The Morgan fingerprint density at radius 2 is 1.77 bits per heavy atom. The first-order chi connectivity index (χ1) is 6.02. The lowest BCUT2D eigenvalue weighted by Gasteiger charge is -2.10. The molecule has 0 atom stereocenters. The molecule has 1 aromatic rings. The molecular weight excluding hydrogens is 168 g/mol. The smallest absolute Gasteiger partial charge is 0.182 e. The summed E-state index contributed by atoms with van der Waals surface area (Å²) < 4.78 is 0. The van der Waals surface area contributed by atoms with E-state index in [0.717, 1.165) is 5.56 Å². The lowest BCUT2D eigenvalue weighted by molar-refractivity contribution is -0.0438. The lowest BCUT2D eigenvalue weighted by Crippen LogP contribution is -1.96. The Hall–Kier alpha value is -1.06. The summed E-state index contributed by atoms with van der Waals surface area (Å²) in [5.74, 6) is 0.247. The van der Waals surface area contributed by atoms with E-state index in [2.05, 4.69) is 0 Å². The predicted octanol–water partition coefficient (Wildman–Crippen LogP) is 1.50. The summed E-state index contributed by atoms with van der Waals surface area (Å²) in [4.78, 5) is 0. The third-order valence-corrected chi connectivity index (χ3v) is 2.00. The van der Waals surface area contributed by atoms with Crippen molar-refractivity contribution in [3.63, 3.8) is 0 Å². The number of aromatic hydroxyl groups is 1. The average molecular weight is 182 g/mol. The molecule has 3 N–H and O–H groups in total. The Morgan fingerprint density at radius 1 is 1.15 bits per heavy atom. The Kier molecular flexibility index (Phi) is 2.90. The van der Waals surface area contributed by atoms with E-state index in [1.165, 1.54) is 6.07 Å². The molecule has 0 unspecified atom stereocenters. The first kappa shape index (κ1) is 10.0. The number of aliphatic hydroxyl groups excluding tert-OH is 1. The maximum absolute atomic E-state index is 9.39. The summed E-state index contributed by atoms with van der Waals surface area (Å²) in [5, 5.41) is 27.0. The average Bonchev–Trinajstić information content (AvgIpc) is 2.03. The highest BCUT2D eigenvalue weighted by Gasteiger charge is 2.10. The van der Waals surface area contributed by atoms with Crippen LogP contribution in [0.5, 0.6) is 5.75 Å². The molecule has 0 aliphatic rings. The standard InChI is InChI=1S/C10H14O3/c1-6(2)7-3-4-8(10(12)13)9(11)5-7/h3-6,10-13H,1-2H3. The van der Waals surface area contributed by atoms with Crippen molar-refractivity contribution in [3.8, 4) is 5.75 Å². The Morgan fingerprint density at radius 3 is 2.15 bits per heavy atom. The van der Waals surface area contributed by atoms with Gasteiger partial charge in [-0.3, -0.25) is 0 Å². The van der Waals surface area contributed by atoms with Gasteiger partial charge in [0.25, 0.3) is 0 Å². The van der Waals surface area contributed by atoms with Crippen LogP contribution >= 0.6 is 0 Å². The topological polar surface area (TPSA) is 60.7 Å². The van der Waals surface area contributed by atoms with Crippen LogP contribution in [-0.4, -0.2) is 15.3 Å². The maximum Gasteiger partial charge on any atom is 0.182 e. The fourth-order valence-electron chi connectivity index (χ4n) is 1.14. The highest BCUT2D eigenvalue weighted by molar-refractivity contribution is 5.38. The van der Waals surface area contributed by atoms with Crippen molar-refractivity contribution in [2.75, 3.05) is 0 Å². The third-order valence-electron chi connectivity index (χ3n) is 2.00. The normalized spacial score (nSPS) is 11.2. The van der Waals surface area contributed by atoms with Gasteiger partial charge in [-0.1, -0.05) is 19.9 Å². The van der Waals surface area contributed by atoms with E-state index in [1.807, 2.05) is 13.8 Å². The Bertz CT molecular complexity index is 292. The molecule has 0 bridgehead atoms. The molecule has 0 spiro atoms. The first-order valence-electron chi connectivity index (χ1n) is 4.21. The second-order valence-electron chi connectivity index (χ2n) is 3.35. The Balaban J connectivity index is 3.06. The summed E-state index contributed by atoms with van der Waals surface area (Å²) >= 11 is 0. The molecule has 0 heterocycles. The van der Waals surface area contributed by atoms with Crippen LogP contribution in [0.25, 0.3) is 0 Å². The van der Waals surface area contributed by atoms with Gasteiger partial charge in [-0.05, 0) is 23.6 Å². The highest BCUT2D eigenvalue weighted by atomic mass is 16.5. The zero-order valence-electron chi connectivity index (χ0n) is 7.73. The summed E-state index contributed by atoms with van der Waals surface area (Å²) in [6.07, 6.45) is -1.61. The molecule has 72 valence electrons. The van der Waals surface area contributed by atoms with Gasteiger partial charge in [-0.2, -0.15) is 0 Å². The molecule has 0 saturated heterocycles. The van der Waals surface area contributed by atoms with Crippen LogP contribution in [0, 0.1) is 0 Å². The van der Waals surface area contributed by atoms with Crippen LogP contribution in [0.1, 0.15) is 37.2 Å². The molecule has 0 fully saturated rings. The van der Waals surface area contributed by atoms with Gasteiger partial charge in [0.05, 0.1) is 0 Å². The van der Waals surface area contributed by atoms with Gasteiger partial charge in [0, 0.05) is 5.56 Å². The van der Waals surface area contributed by atoms with Crippen LogP contribution in [0.2, 0.25) is 0 Å². The number of hydrogen-bond acceptors (Lipinski definition) is 3. The lowest BCUT2D eigenvalue weighted by atomic mass is 10.0. The summed E-state index contributed by atoms with van der Waals surface area (Å²) in [6, 6.07) is 4.86. The molecule has 0 aliphatic carbocycles. The molecular formula is C10H14O3. The molecule has 1 aromatic carbocycles. The van der Waals surface area contributed by atoms with Gasteiger partial charge >= 0.3 is 0 Å². The van der Waals surface area contributed by atoms with Crippen LogP contribution in [0.15, 0.2) is 18.2 Å². The van der Waals surface area contributed by atoms with Crippen molar-refractivity contribution in [2.24, 2.45) is 0 Å². The minimum atomic E-state index is -1.61. The monoisotopic (exact) mass is 182 g/mol. The van der Waals surface area contributed by atoms with E-state index in [-0.39, 0.29) is 11.3 Å².